The smallest absolute Gasteiger partial charge is 0.307 e. The predicted octanol–water partition coefficient (Wildman–Crippen LogP) is 5.27. The van der Waals surface area contributed by atoms with Gasteiger partial charge < -0.3 is 5.32 Å². The number of anilines is 2. The Bertz CT molecular complexity index is 905. The number of para-hydroxylation sites is 1. The van der Waals surface area contributed by atoms with E-state index in [1.165, 1.54) is 29.5 Å². The molecule has 3 aromatic rings. The van der Waals surface area contributed by atoms with Crippen LogP contribution in [0, 0.1) is 6.92 Å². The van der Waals surface area contributed by atoms with Crippen molar-refractivity contribution in [3.05, 3.63) is 53.6 Å². The summed E-state index contributed by atoms with van der Waals surface area (Å²) in [5.74, 6) is 0. The van der Waals surface area contributed by atoms with Gasteiger partial charge in [-0.1, -0.05) is 29.5 Å². The third-order valence-electron chi connectivity index (χ3n) is 3.25. The molecule has 0 aliphatic carbocycles. The Morgan fingerprint density at radius 1 is 1.12 bits per heavy atom. The van der Waals surface area contributed by atoms with Gasteiger partial charge in [0.25, 0.3) is 0 Å². The van der Waals surface area contributed by atoms with E-state index >= 15 is 0 Å². The number of urea groups is 1. The van der Waals surface area contributed by atoms with Gasteiger partial charge in [0.2, 0.25) is 0 Å². The molecule has 8 heteroatoms. The SMILES string of the molecule is Cc1ccc2nc(NC(=O)Nc3ccccc3C(F)(F)F)sc2c1. The van der Waals surface area contributed by atoms with E-state index in [1.54, 1.807) is 0 Å². The highest BCUT2D eigenvalue weighted by Crippen LogP contribution is 2.34. The van der Waals surface area contributed by atoms with Gasteiger partial charge in [0.05, 0.1) is 21.5 Å². The number of halogens is 3. The minimum absolute atomic E-state index is 0.306. The highest BCUT2D eigenvalue weighted by molar-refractivity contribution is 7.22. The Labute approximate surface area is 139 Å². The average molecular weight is 351 g/mol. The molecule has 1 aromatic heterocycles. The maximum atomic E-state index is 12.9. The lowest BCUT2D eigenvalue weighted by Crippen LogP contribution is -2.21. The fourth-order valence-corrected chi connectivity index (χ4v) is 3.13. The van der Waals surface area contributed by atoms with Crippen molar-refractivity contribution in [1.29, 1.82) is 0 Å². The van der Waals surface area contributed by atoms with Crippen LogP contribution in [0.3, 0.4) is 0 Å². The molecule has 0 fully saturated rings. The zero-order chi connectivity index (χ0) is 17.3. The van der Waals surface area contributed by atoms with E-state index in [0.717, 1.165) is 21.8 Å². The van der Waals surface area contributed by atoms with Gasteiger partial charge in [0.1, 0.15) is 0 Å². The first-order valence-corrected chi connectivity index (χ1v) is 7.76. The van der Waals surface area contributed by atoms with Gasteiger partial charge in [-0.2, -0.15) is 13.2 Å². The second kappa shape index (κ2) is 6.12. The largest absolute Gasteiger partial charge is 0.418 e. The van der Waals surface area contributed by atoms with Gasteiger partial charge in [0.15, 0.2) is 5.13 Å². The lowest BCUT2D eigenvalue weighted by molar-refractivity contribution is -0.136. The van der Waals surface area contributed by atoms with Gasteiger partial charge in [-0.05, 0) is 36.8 Å². The molecule has 4 nitrogen and oxygen atoms in total. The normalized spacial score (nSPS) is 11.5. The lowest BCUT2D eigenvalue weighted by Gasteiger charge is -2.13. The topological polar surface area (TPSA) is 54.0 Å². The number of carbonyl (C=O) groups is 1. The van der Waals surface area contributed by atoms with Crippen LogP contribution in [0.15, 0.2) is 42.5 Å². The molecule has 24 heavy (non-hydrogen) atoms. The molecule has 0 bridgehead atoms. The minimum Gasteiger partial charge on any atom is -0.307 e. The molecule has 0 aliphatic heterocycles. The van der Waals surface area contributed by atoms with E-state index in [0.29, 0.717) is 5.13 Å². The van der Waals surface area contributed by atoms with Crippen LogP contribution in [0.2, 0.25) is 0 Å². The summed E-state index contributed by atoms with van der Waals surface area (Å²) in [5.41, 5.74) is 0.567. The zero-order valence-electron chi connectivity index (χ0n) is 12.4. The van der Waals surface area contributed by atoms with Crippen LogP contribution in [0.4, 0.5) is 28.8 Å². The molecule has 0 unspecified atom stereocenters. The Morgan fingerprint density at radius 2 is 1.88 bits per heavy atom. The molecule has 0 saturated heterocycles. The maximum absolute atomic E-state index is 12.9. The molecule has 0 spiro atoms. The third-order valence-corrected chi connectivity index (χ3v) is 4.18. The standard InChI is InChI=1S/C16H12F3N3OS/c1-9-6-7-12-13(8-9)24-15(21-12)22-14(23)20-11-5-3-2-4-10(11)16(17,18)19/h2-8H,1H3,(H2,20,21,22,23). The Balaban J connectivity index is 1.78. The second-order valence-corrected chi connectivity index (χ2v) is 6.14. The van der Waals surface area contributed by atoms with Crippen molar-refractivity contribution in [2.75, 3.05) is 10.6 Å². The molecular formula is C16H12F3N3OS. The Kier molecular flexibility index (Phi) is 4.15. The number of fused-ring (bicyclic) bond motifs is 1. The summed E-state index contributed by atoms with van der Waals surface area (Å²) in [7, 11) is 0. The molecule has 2 amide bonds. The van der Waals surface area contributed by atoms with Crippen LogP contribution in [0.5, 0.6) is 0 Å². The number of aromatic nitrogens is 1. The maximum Gasteiger partial charge on any atom is 0.418 e. The van der Waals surface area contributed by atoms with E-state index in [-0.39, 0.29) is 5.69 Å². The molecule has 124 valence electrons. The number of nitrogens with zero attached hydrogens (tertiary/aromatic N) is 1. The van der Waals surface area contributed by atoms with E-state index in [9.17, 15) is 18.0 Å². The molecule has 1 heterocycles. The number of aryl methyl sites for hydroxylation is 1. The van der Waals surface area contributed by atoms with Crippen LogP contribution < -0.4 is 10.6 Å². The second-order valence-electron chi connectivity index (χ2n) is 5.11. The fraction of sp³-hybridized carbons (Fsp3) is 0.125. The summed E-state index contributed by atoms with van der Waals surface area (Å²) < 4.78 is 39.7. The number of alkyl halides is 3. The van der Waals surface area contributed by atoms with Crippen LogP contribution in [-0.4, -0.2) is 11.0 Å². The van der Waals surface area contributed by atoms with E-state index < -0.39 is 17.8 Å². The van der Waals surface area contributed by atoms with Crippen molar-refractivity contribution in [2.45, 2.75) is 13.1 Å². The van der Waals surface area contributed by atoms with Crippen LogP contribution in [-0.2, 0) is 6.18 Å². The molecule has 0 saturated carbocycles. The van der Waals surface area contributed by atoms with Gasteiger partial charge in [-0.3, -0.25) is 5.32 Å². The first kappa shape index (κ1) is 16.3. The molecule has 0 atom stereocenters. The number of thiazole rings is 1. The van der Waals surface area contributed by atoms with Gasteiger partial charge in [-0.25, -0.2) is 9.78 Å². The zero-order valence-corrected chi connectivity index (χ0v) is 13.3. The van der Waals surface area contributed by atoms with E-state index in [1.807, 2.05) is 25.1 Å². The van der Waals surface area contributed by atoms with Gasteiger partial charge in [-0.15, -0.1) is 0 Å². The number of hydrogen-bond donors (Lipinski definition) is 2. The average Bonchev–Trinajstić information content (AvgIpc) is 2.87. The number of amides is 2. The van der Waals surface area contributed by atoms with Crippen molar-refractivity contribution < 1.29 is 18.0 Å². The van der Waals surface area contributed by atoms with Gasteiger partial charge in [0, 0.05) is 0 Å². The third kappa shape index (κ3) is 3.48. The lowest BCUT2D eigenvalue weighted by atomic mass is 10.1. The number of benzene rings is 2. The van der Waals surface area contributed by atoms with Crippen LogP contribution >= 0.6 is 11.3 Å². The summed E-state index contributed by atoms with van der Waals surface area (Å²) >= 11 is 1.25. The minimum atomic E-state index is -4.54. The summed E-state index contributed by atoms with van der Waals surface area (Å²) in [5, 5.41) is 5.00. The number of carbonyl (C=O) groups excluding carboxylic acids is 1. The predicted molar refractivity (Wildman–Crippen MR) is 88.4 cm³/mol. The number of rotatable bonds is 2. The summed E-state index contributed by atoms with van der Waals surface area (Å²) in [6.45, 7) is 1.94. The van der Waals surface area contributed by atoms with E-state index in [4.69, 9.17) is 0 Å². The van der Waals surface area contributed by atoms with E-state index in [2.05, 4.69) is 15.6 Å². The van der Waals surface area contributed by atoms with Crippen molar-refractivity contribution in [3.8, 4) is 0 Å². The Hall–Kier alpha value is -2.61. The number of nitrogens with one attached hydrogen (secondary N) is 2. The molecule has 2 aromatic carbocycles. The summed E-state index contributed by atoms with van der Waals surface area (Å²) in [6.07, 6.45) is -4.54. The van der Waals surface area contributed by atoms with Crippen molar-refractivity contribution in [3.63, 3.8) is 0 Å². The highest BCUT2D eigenvalue weighted by atomic mass is 32.1. The first-order chi connectivity index (χ1) is 11.3. The van der Waals surface area contributed by atoms with Crippen molar-refractivity contribution >= 4 is 38.4 Å². The fourth-order valence-electron chi connectivity index (χ4n) is 2.18. The quantitative estimate of drug-likeness (QED) is 0.661. The van der Waals surface area contributed by atoms with Crippen molar-refractivity contribution in [1.82, 2.24) is 4.98 Å². The molecular weight excluding hydrogens is 339 g/mol. The Morgan fingerprint density at radius 3 is 2.62 bits per heavy atom. The van der Waals surface area contributed by atoms with Gasteiger partial charge >= 0.3 is 12.2 Å². The van der Waals surface area contributed by atoms with Crippen LogP contribution in [0.1, 0.15) is 11.1 Å². The highest BCUT2D eigenvalue weighted by Gasteiger charge is 2.33. The monoisotopic (exact) mass is 351 g/mol. The molecule has 2 N–H and O–H groups in total. The molecule has 0 radical (unpaired) electrons. The summed E-state index contributed by atoms with van der Waals surface area (Å²) in [4.78, 5) is 16.2. The first-order valence-electron chi connectivity index (χ1n) is 6.94. The van der Waals surface area contributed by atoms with Crippen molar-refractivity contribution in [2.24, 2.45) is 0 Å². The number of hydrogen-bond acceptors (Lipinski definition) is 3. The van der Waals surface area contributed by atoms with Crippen LogP contribution in [0.25, 0.3) is 10.2 Å². The summed E-state index contributed by atoms with van der Waals surface area (Å²) in [6, 6.07) is 9.67. The molecule has 0 aliphatic rings. The molecule has 3 rings (SSSR count).